The number of ether oxygens (including phenoxy) is 1. The van der Waals surface area contributed by atoms with E-state index in [9.17, 15) is 4.79 Å². The number of carbonyl (C=O) groups is 1. The van der Waals surface area contributed by atoms with Gasteiger partial charge in [0.05, 0.1) is 13.2 Å². The average molecular weight is 425 g/mol. The smallest absolute Gasteiger partial charge is 0.254 e. The van der Waals surface area contributed by atoms with Crippen molar-refractivity contribution in [2.75, 3.05) is 49.6 Å². The molecule has 4 rings (SSSR count). The molecule has 2 fully saturated rings. The first-order valence-corrected chi connectivity index (χ1v) is 10.3. The van der Waals surface area contributed by atoms with E-state index in [0.717, 1.165) is 19.4 Å². The summed E-state index contributed by atoms with van der Waals surface area (Å²) in [7, 11) is 0. The molecular formula is C20H27N9O2. The van der Waals surface area contributed by atoms with Gasteiger partial charge in [0.15, 0.2) is 11.5 Å². The molecule has 0 aliphatic carbocycles. The molecule has 0 saturated carbocycles. The lowest BCUT2D eigenvalue weighted by molar-refractivity contribution is 0.0303. The van der Waals surface area contributed by atoms with Gasteiger partial charge in [0.25, 0.3) is 5.91 Å². The molecule has 3 heterocycles. The Labute approximate surface area is 180 Å². The van der Waals surface area contributed by atoms with Crippen molar-refractivity contribution in [3.63, 3.8) is 0 Å². The van der Waals surface area contributed by atoms with E-state index in [-0.39, 0.29) is 23.5 Å². The maximum atomic E-state index is 12.6. The molecule has 2 saturated heterocycles. The van der Waals surface area contributed by atoms with Crippen LogP contribution in [0.1, 0.15) is 28.9 Å². The minimum atomic E-state index is -0.233. The van der Waals surface area contributed by atoms with Crippen molar-refractivity contribution in [1.82, 2.24) is 20.1 Å². The third-order valence-electron chi connectivity index (χ3n) is 5.36. The number of rotatable bonds is 5. The fraction of sp³-hybridized carbons (Fsp3) is 0.450. The van der Waals surface area contributed by atoms with Crippen LogP contribution < -0.4 is 21.7 Å². The zero-order chi connectivity index (χ0) is 21.8. The SMILES string of the molecule is N=C(N)c1nnc(N2CCC[C@@H](N)C2)nc1Nc1ccc(C(=O)N2CCOCC2)cc1. The van der Waals surface area contributed by atoms with Gasteiger partial charge in [-0.3, -0.25) is 10.2 Å². The normalized spacial score (nSPS) is 19.2. The number of morpholine rings is 1. The summed E-state index contributed by atoms with van der Waals surface area (Å²) in [6.07, 6.45) is 1.93. The lowest BCUT2D eigenvalue weighted by atomic mass is 10.1. The van der Waals surface area contributed by atoms with Crippen LogP contribution >= 0.6 is 0 Å². The number of carbonyl (C=O) groups excluding carboxylic acids is 1. The summed E-state index contributed by atoms with van der Waals surface area (Å²) in [5.41, 5.74) is 13.2. The van der Waals surface area contributed by atoms with Crippen molar-refractivity contribution in [3.8, 4) is 0 Å². The van der Waals surface area contributed by atoms with E-state index in [4.69, 9.17) is 21.6 Å². The zero-order valence-corrected chi connectivity index (χ0v) is 17.3. The van der Waals surface area contributed by atoms with Crippen LogP contribution in [-0.4, -0.2) is 77.3 Å². The Morgan fingerprint density at radius 3 is 2.58 bits per heavy atom. The van der Waals surface area contributed by atoms with E-state index >= 15 is 0 Å². The second-order valence-electron chi connectivity index (χ2n) is 7.68. The van der Waals surface area contributed by atoms with Crippen molar-refractivity contribution in [3.05, 3.63) is 35.5 Å². The Bertz CT molecular complexity index is 944. The number of amidine groups is 1. The molecular weight excluding hydrogens is 398 g/mol. The van der Waals surface area contributed by atoms with Crippen molar-refractivity contribution in [1.29, 1.82) is 5.41 Å². The minimum absolute atomic E-state index is 0.0216. The number of hydrogen-bond donors (Lipinski definition) is 4. The summed E-state index contributed by atoms with van der Waals surface area (Å²) in [5.74, 6) is 0.529. The van der Waals surface area contributed by atoms with Gasteiger partial charge in [-0.05, 0) is 37.1 Å². The molecule has 2 aliphatic rings. The Kier molecular flexibility index (Phi) is 6.23. The van der Waals surface area contributed by atoms with Gasteiger partial charge in [0.2, 0.25) is 5.95 Å². The highest BCUT2D eigenvalue weighted by Crippen LogP contribution is 2.22. The van der Waals surface area contributed by atoms with Gasteiger partial charge in [-0.25, -0.2) is 0 Å². The van der Waals surface area contributed by atoms with Crippen LogP contribution in [0.25, 0.3) is 0 Å². The van der Waals surface area contributed by atoms with Crippen LogP contribution in [0.4, 0.5) is 17.5 Å². The van der Waals surface area contributed by atoms with Crippen LogP contribution in [0.2, 0.25) is 0 Å². The van der Waals surface area contributed by atoms with E-state index in [0.29, 0.717) is 55.9 Å². The molecule has 1 aromatic carbocycles. The second kappa shape index (κ2) is 9.23. The Hall–Kier alpha value is -3.31. The number of anilines is 3. The third kappa shape index (κ3) is 4.89. The van der Waals surface area contributed by atoms with Crippen LogP contribution in [0.3, 0.4) is 0 Å². The Balaban J connectivity index is 1.52. The highest BCUT2D eigenvalue weighted by atomic mass is 16.5. The van der Waals surface area contributed by atoms with Gasteiger partial charge >= 0.3 is 0 Å². The van der Waals surface area contributed by atoms with E-state index in [1.165, 1.54) is 0 Å². The summed E-state index contributed by atoms with van der Waals surface area (Å²) < 4.78 is 5.30. The number of nitrogens with zero attached hydrogens (tertiary/aromatic N) is 5. The zero-order valence-electron chi connectivity index (χ0n) is 17.3. The monoisotopic (exact) mass is 425 g/mol. The van der Waals surface area contributed by atoms with Crippen LogP contribution in [0.5, 0.6) is 0 Å². The summed E-state index contributed by atoms with van der Waals surface area (Å²) in [4.78, 5) is 20.9. The summed E-state index contributed by atoms with van der Waals surface area (Å²) >= 11 is 0. The molecule has 164 valence electrons. The molecule has 0 unspecified atom stereocenters. The first-order chi connectivity index (χ1) is 15.0. The molecule has 6 N–H and O–H groups in total. The summed E-state index contributed by atoms with van der Waals surface area (Å²) in [6, 6.07) is 7.16. The highest BCUT2D eigenvalue weighted by Gasteiger charge is 2.22. The molecule has 1 aromatic heterocycles. The number of nitrogens with two attached hydrogens (primary N) is 2. The van der Waals surface area contributed by atoms with Crippen molar-refractivity contribution < 1.29 is 9.53 Å². The van der Waals surface area contributed by atoms with E-state index in [1.807, 2.05) is 4.90 Å². The van der Waals surface area contributed by atoms with Gasteiger partial charge < -0.3 is 31.3 Å². The molecule has 0 radical (unpaired) electrons. The van der Waals surface area contributed by atoms with Crippen LogP contribution in [0, 0.1) is 5.41 Å². The lowest BCUT2D eigenvalue weighted by Gasteiger charge is -2.30. The Morgan fingerprint density at radius 1 is 1.16 bits per heavy atom. The van der Waals surface area contributed by atoms with Gasteiger partial charge in [-0.15, -0.1) is 10.2 Å². The topological polar surface area (TPSA) is 159 Å². The van der Waals surface area contributed by atoms with Gasteiger partial charge in [-0.2, -0.15) is 4.98 Å². The van der Waals surface area contributed by atoms with Crippen molar-refractivity contribution >= 4 is 29.2 Å². The molecule has 11 heteroatoms. The fourth-order valence-corrected chi connectivity index (χ4v) is 3.69. The summed E-state index contributed by atoms with van der Waals surface area (Å²) in [5, 5.41) is 19.2. The molecule has 1 atom stereocenters. The first-order valence-electron chi connectivity index (χ1n) is 10.3. The molecule has 1 amide bonds. The maximum absolute atomic E-state index is 12.6. The standard InChI is InChI=1S/C20H27N9O2/c21-14-2-1-7-29(12-14)20-25-18(16(17(22)23)26-27-20)24-15-5-3-13(4-6-15)19(30)28-8-10-31-11-9-28/h3-6,14H,1-2,7-12,21H2,(H3,22,23)(H,24,25,27)/t14-/m1/s1. The van der Waals surface area contributed by atoms with Crippen molar-refractivity contribution in [2.45, 2.75) is 18.9 Å². The highest BCUT2D eigenvalue weighted by molar-refractivity contribution is 5.98. The molecule has 31 heavy (non-hydrogen) atoms. The van der Waals surface area contributed by atoms with E-state index in [1.54, 1.807) is 29.2 Å². The third-order valence-corrected chi connectivity index (χ3v) is 5.36. The Morgan fingerprint density at radius 2 is 1.90 bits per heavy atom. The van der Waals surface area contributed by atoms with E-state index < -0.39 is 0 Å². The number of aromatic nitrogens is 3. The van der Waals surface area contributed by atoms with Gasteiger partial charge in [0.1, 0.15) is 5.84 Å². The number of piperidine rings is 1. The van der Waals surface area contributed by atoms with Gasteiger partial charge in [0, 0.05) is 43.5 Å². The first kappa shape index (κ1) is 20.9. The minimum Gasteiger partial charge on any atom is -0.382 e. The van der Waals surface area contributed by atoms with Gasteiger partial charge in [-0.1, -0.05) is 0 Å². The fourth-order valence-electron chi connectivity index (χ4n) is 3.69. The molecule has 2 aromatic rings. The quantitative estimate of drug-likeness (QED) is 0.390. The molecule has 11 nitrogen and oxygen atoms in total. The predicted octanol–water partition coefficient (Wildman–Crippen LogP) is 0.299. The largest absolute Gasteiger partial charge is 0.382 e. The number of benzene rings is 1. The predicted molar refractivity (Wildman–Crippen MR) is 117 cm³/mol. The number of nitrogens with one attached hydrogen (secondary N) is 2. The molecule has 0 spiro atoms. The lowest BCUT2D eigenvalue weighted by Crippen LogP contribution is -2.43. The number of amides is 1. The second-order valence-corrected chi connectivity index (χ2v) is 7.68. The van der Waals surface area contributed by atoms with Crippen molar-refractivity contribution in [2.24, 2.45) is 11.5 Å². The molecule has 2 aliphatic heterocycles. The number of hydrogen-bond acceptors (Lipinski definition) is 9. The maximum Gasteiger partial charge on any atom is 0.254 e. The van der Waals surface area contributed by atoms with Crippen LogP contribution in [0.15, 0.2) is 24.3 Å². The average Bonchev–Trinajstić information content (AvgIpc) is 2.79. The number of nitrogen functional groups attached to an aromatic ring is 1. The summed E-state index contributed by atoms with van der Waals surface area (Å²) in [6.45, 7) is 3.76. The van der Waals surface area contributed by atoms with Crippen LogP contribution in [-0.2, 0) is 4.74 Å². The molecule has 0 bridgehead atoms. The van der Waals surface area contributed by atoms with E-state index in [2.05, 4.69) is 20.5 Å².